The fourth-order valence-corrected chi connectivity index (χ4v) is 3.32. The smallest absolute Gasteiger partial charge is 0.339 e. The molecular formula is C15H22N2O3. The zero-order chi connectivity index (χ0) is 14.9. The van der Waals surface area contributed by atoms with E-state index in [-0.39, 0.29) is 22.8 Å². The van der Waals surface area contributed by atoms with E-state index in [0.29, 0.717) is 6.42 Å². The summed E-state index contributed by atoms with van der Waals surface area (Å²) < 4.78 is 1.84. The predicted molar refractivity (Wildman–Crippen MR) is 74.8 cm³/mol. The standard InChI is InChI=1S/C15H22N2O3/c1-10(18)8-15(3)6-4-12(5-7-15)17-11(2)13(9-16-17)14(19)20/h9,12H,4-8H2,1-3H3,(H,19,20)/t12-,15+. The van der Waals surface area contributed by atoms with Gasteiger partial charge in [0.15, 0.2) is 0 Å². The van der Waals surface area contributed by atoms with Crippen molar-refractivity contribution in [3.05, 3.63) is 17.5 Å². The maximum atomic E-state index is 11.3. The normalized spacial score (nSPS) is 26.4. The van der Waals surface area contributed by atoms with E-state index in [2.05, 4.69) is 12.0 Å². The number of carbonyl (C=O) groups excluding carboxylic acids is 1. The number of hydrogen-bond acceptors (Lipinski definition) is 3. The number of nitrogens with zero attached hydrogens (tertiary/aromatic N) is 2. The fourth-order valence-electron chi connectivity index (χ4n) is 3.32. The first kappa shape index (κ1) is 14.8. The molecule has 1 N–H and O–H groups in total. The summed E-state index contributed by atoms with van der Waals surface area (Å²) in [5, 5.41) is 13.3. The second-order valence-electron chi connectivity index (χ2n) is 6.31. The van der Waals surface area contributed by atoms with E-state index in [1.165, 1.54) is 6.20 Å². The Morgan fingerprint density at radius 2 is 2.05 bits per heavy atom. The molecule has 0 spiro atoms. The van der Waals surface area contributed by atoms with Crippen LogP contribution in [0.3, 0.4) is 0 Å². The summed E-state index contributed by atoms with van der Waals surface area (Å²) in [6.07, 6.45) is 5.94. The van der Waals surface area contributed by atoms with Gasteiger partial charge in [-0.2, -0.15) is 5.10 Å². The minimum absolute atomic E-state index is 0.0962. The van der Waals surface area contributed by atoms with Crippen LogP contribution >= 0.6 is 0 Å². The molecule has 5 heteroatoms. The van der Waals surface area contributed by atoms with Crippen LogP contribution in [0.5, 0.6) is 0 Å². The summed E-state index contributed by atoms with van der Waals surface area (Å²) in [6, 6.07) is 0.253. The molecule has 1 heterocycles. The first-order valence-electron chi connectivity index (χ1n) is 7.09. The first-order valence-corrected chi connectivity index (χ1v) is 7.09. The van der Waals surface area contributed by atoms with Gasteiger partial charge in [-0.3, -0.25) is 4.68 Å². The van der Waals surface area contributed by atoms with E-state index >= 15 is 0 Å². The molecule has 0 aliphatic heterocycles. The summed E-state index contributed by atoms with van der Waals surface area (Å²) in [6.45, 7) is 5.62. The summed E-state index contributed by atoms with van der Waals surface area (Å²) in [5.41, 5.74) is 1.10. The zero-order valence-corrected chi connectivity index (χ0v) is 12.3. The molecule has 1 aromatic rings. The van der Waals surface area contributed by atoms with Gasteiger partial charge in [0, 0.05) is 6.42 Å². The highest BCUT2D eigenvalue weighted by Crippen LogP contribution is 2.43. The van der Waals surface area contributed by atoms with E-state index < -0.39 is 5.97 Å². The van der Waals surface area contributed by atoms with Crippen LogP contribution in [-0.2, 0) is 4.79 Å². The molecular weight excluding hydrogens is 256 g/mol. The third-order valence-electron chi connectivity index (χ3n) is 4.46. The molecule has 1 aliphatic carbocycles. The molecule has 0 unspecified atom stereocenters. The van der Waals surface area contributed by atoms with Crippen LogP contribution in [0, 0.1) is 12.3 Å². The zero-order valence-electron chi connectivity index (χ0n) is 12.3. The van der Waals surface area contributed by atoms with Gasteiger partial charge in [0.1, 0.15) is 11.3 Å². The Morgan fingerprint density at radius 1 is 1.45 bits per heavy atom. The maximum Gasteiger partial charge on any atom is 0.339 e. The molecule has 1 aromatic heterocycles. The van der Waals surface area contributed by atoms with Crippen molar-refractivity contribution >= 4 is 11.8 Å². The third-order valence-corrected chi connectivity index (χ3v) is 4.46. The summed E-state index contributed by atoms with van der Waals surface area (Å²) in [4.78, 5) is 22.4. The predicted octanol–water partition coefficient (Wildman–Crippen LogP) is 2.99. The lowest BCUT2D eigenvalue weighted by atomic mass is 9.71. The number of ketones is 1. The molecule has 1 aliphatic rings. The Balaban J connectivity index is 2.08. The molecule has 0 radical (unpaired) electrons. The maximum absolute atomic E-state index is 11.3. The van der Waals surface area contributed by atoms with Crippen molar-refractivity contribution in [2.75, 3.05) is 0 Å². The lowest BCUT2D eigenvalue weighted by Gasteiger charge is -2.37. The van der Waals surface area contributed by atoms with Gasteiger partial charge in [0.2, 0.25) is 0 Å². The van der Waals surface area contributed by atoms with Crippen LogP contribution in [0.25, 0.3) is 0 Å². The van der Waals surface area contributed by atoms with E-state index in [0.717, 1.165) is 31.4 Å². The summed E-state index contributed by atoms with van der Waals surface area (Å²) in [7, 11) is 0. The van der Waals surface area contributed by atoms with Crippen molar-refractivity contribution in [1.29, 1.82) is 0 Å². The molecule has 1 fully saturated rings. The quantitative estimate of drug-likeness (QED) is 0.919. The fraction of sp³-hybridized carbons (Fsp3) is 0.667. The van der Waals surface area contributed by atoms with E-state index in [9.17, 15) is 9.59 Å². The minimum atomic E-state index is -0.925. The third kappa shape index (κ3) is 2.92. The molecule has 0 atom stereocenters. The van der Waals surface area contributed by atoms with E-state index in [4.69, 9.17) is 5.11 Å². The Bertz CT molecular complexity index is 525. The average Bonchev–Trinajstić information content (AvgIpc) is 2.71. The van der Waals surface area contributed by atoms with Crippen molar-refractivity contribution in [2.45, 2.75) is 58.9 Å². The number of rotatable bonds is 4. The van der Waals surface area contributed by atoms with Gasteiger partial charge < -0.3 is 9.90 Å². The van der Waals surface area contributed by atoms with Gasteiger partial charge in [-0.25, -0.2) is 4.79 Å². The van der Waals surface area contributed by atoms with Crippen LogP contribution in [0.1, 0.15) is 68.0 Å². The van der Waals surface area contributed by atoms with E-state index in [1.54, 1.807) is 13.8 Å². The number of aromatic nitrogens is 2. The minimum Gasteiger partial charge on any atom is -0.478 e. The highest BCUT2D eigenvalue weighted by Gasteiger charge is 2.33. The molecule has 2 rings (SSSR count). The Hall–Kier alpha value is -1.65. The van der Waals surface area contributed by atoms with Gasteiger partial charge in [-0.15, -0.1) is 0 Å². The van der Waals surface area contributed by atoms with Crippen molar-refractivity contribution in [1.82, 2.24) is 9.78 Å². The van der Waals surface area contributed by atoms with Crippen LogP contribution < -0.4 is 0 Å². The Labute approximate surface area is 119 Å². The van der Waals surface area contributed by atoms with Gasteiger partial charge >= 0.3 is 5.97 Å². The van der Waals surface area contributed by atoms with Crippen LogP contribution in [0.4, 0.5) is 0 Å². The summed E-state index contributed by atoms with van der Waals surface area (Å²) >= 11 is 0. The topological polar surface area (TPSA) is 72.2 Å². The Morgan fingerprint density at radius 3 is 2.50 bits per heavy atom. The number of carboxylic acids is 1. The number of hydrogen-bond donors (Lipinski definition) is 1. The number of Topliss-reactive ketones (excluding diaryl/α,β-unsaturated/α-hetero) is 1. The monoisotopic (exact) mass is 278 g/mol. The molecule has 0 aromatic carbocycles. The highest BCUT2D eigenvalue weighted by molar-refractivity contribution is 5.88. The number of carboxylic acid groups (broad SMARTS) is 1. The average molecular weight is 278 g/mol. The van der Waals surface area contributed by atoms with Gasteiger partial charge in [-0.1, -0.05) is 6.92 Å². The van der Waals surface area contributed by atoms with Crippen molar-refractivity contribution in [3.8, 4) is 0 Å². The SMILES string of the molecule is CC(=O)C[C@]1(C)CC[C@H](n2ncc(C(=O)O)c2C)CC1. The number of aromatic carboxylic acids is 1. The highest BCUT2D eigenvalue weighted by atomic mass is 16.4. The summed E-state index contributed by atoms with van der Waals surface area (Å²) in [5.74, 6) is -0.680. The molecule has 0 amide bonds. The molecule has 110 valence electrons. The van der Waals surface area contributed by atoms with Crippen molar-refractivity contribution in [3.63, 3.8) is 0 Å². The van der Waals surface area contributed by atoms with E-state index in [1.807, 2.05) is 4.68 Å². The lowest BCUT2D eigenvalue weighted by Crippen LogP contribution is -2.28. The van der Waals surface area contributed by atoms with Crippen LogP contribution in [0.2, 0.25) is 0 Å². The second kappa shape index (κ2) is 5.38. The van der Waals surface area contributed by atoms with Crippen LogP contribution in [0.15, 0.2) is 6.20 Å². The largest absolute Gasteiger partial charge is 0.478 e. The van der Waals surface area contributed by atoms with Gasteiger partial charge in [0.05, 0.1) is 17.9 Å². The Kier molecular flexibility index (Phi) is 3.97. The van der Waals surface area contributed by atoms with Crippen LogP contribution in [-0.4, -0.2) is 26.6 Å². The van der Waals surface area contributed by atoms with Crippen molar-refractivity contribution in [2.24, 2.45) is 5.41 Å². The van der Waals surface area contributed by atoms with Crippen molar-refractivity contribution < 1.29 is 14.7 Å². The van der Waals surface area contributed by atoms with Gasteiger partial charge in [-0.05, 0) is 44.9 Å². The number of carbonyl (C=O) groups is 2. The molecule has 0 bridgehead atoms. The molecule has 20 heavy (non-hydrogen) atoms. The second-order valence-corrected chi connectivity index (χ2v) is 6.31. The van der Waals surface area contributed by atoms with Gasteiger partial charge in [0.25, 0.3) is 0 Å². The molecule has 0 saturated heterocycles. The lowest BCUT2D eigenvalue weighted by molar-refractivity contribution is -0.119. The first-order chi connectivity index (χ1) is 9.32. The molecule has 5 nitrogen and oxygen atoms in total. The molecule has 1 saturated carbocycles.